The Labute approximate surface area is 309 Å². The van der Waals surface area contributed by atoms with Crippen molar-refractivity contribution in [3.8, 4) is 84.6 Å². The van der Waals surface area contributed by atoms with Gasteiger partial charge >= 0.3 is 0 Å². The normalized spacial score (nSPS) is 12.5. The highest BCUT2D eigenvalue weighted by atomic mass is 14.9. The van der Waals surface area contributed by atoms with Crippen LogP contribution in [0, 0.1) is 11.3 Å². The fourth-order valence-electron chi connectivity index (χ4n) is 7.51. The lowest BCUT2D eigenvalue weighted by molar-refractivity contribution is 0.660. The smallest absolute Gasteiger partial charge is 0.160 e. The molecule has 4 nitrogen and oxygen atoms in total. The van der Waals surface area contributed by atoms with E-state index in [0.717, 1.165) is 61.6 Å². The number of hydrogen-bond donors (Lipinski definition) is 0. The van der Waals surface area contributed by atoms with Crippen LogP contribution in [0.1, 0.15) is 30.5 Å². The van der Waals surface area contributed by atoms with Crippen molar-refractivity contribution in [1.29, 1.82) is 5.26 Å². The number of aromatic nitrogens is 3. The third-order valence-corrected chi connectivity index (χ3v) is 10.4. The van der Waals surface area contributed by atoms with E-state index in [2.05, 4.69) is 117 Å². The molecule has 6 aromatic carbocycles. The van der Waals surface area contributed by atoms with Gasteiger partial charge in [-0.1, -0.05) is 129 Å². The molecule has 0 amide bonds. The molecule has 0 radical (unpaired) electrons. The van der Waals surface area contributed by atoms with Crippen molar-refractivity contribution in [2.75, 3.05) is 0 Å². The second kappa shape index (κ2) is 13.0. The zero-order chi connectivity index (χ0) is 35.9. The van der Waals surface area contributed by atoms with E-state index >= 15 is 0 Å². The summed E-state index contributed by atoms with van der Waals surface area (Å²) in [5.41, 5.74) is 16.2. The van der Waals surface area contributed by atoms with E-state index < -0.39 is 0 Å². The van der Waals surface area contributed by atoms with Crippen molar-refractivity contribution in [3.05, 3.63) is 187 Å². The van der Waals surface area contributed by atoms with Gasteiger partial charge in [-0.05, 0) is 87.5 Å². The van der Waals surface area contributed by atoms with Gasteiger partial charge in [-0.3, -0.25) is 4.98 Å². The number of hydrogen-bond acceptors (Lipinski definition) is 4. The number of nitriles is 1. The van der Waals surface area contributed by atoms with E-state index in [0.29, 0.717) is 11.4 Å². The molecular formula is C49H34N4. The van der Waals surface area contributed by atoms with E-state index in [1.165, 1.54) is 22.3 Å². The standard InChI is InChI=1S/C49H34N4/c1-49(2)43-24-32(30-50)18-21-41(43)42-22-19-36(28-44(42)49)38-25-39(37-20-23-45(51-31-37)33-12-6-3-7-13-33)27-40(26-38)47-29-46(34-14-8-4-9-15-34)52-48(53-47)35-16-10-5-11-17-35/h3-29,31H,1-2H3. The van der Waals surface area contributed by atoms with Crippen LogP contribution in [-0.2, 0) is 5.41 Å². The molecule has 0 saturated heterocycles. The van der Waals surface area contributed by atoms with E-state index in [1.54, 1.807) is 0 Å². The highest BCUT2D eigenvalue weighted by molar-refractivity contribution is 5.87. The molecule has 0 spiro atoms. The summed E-state index contributed by atoms with van der Waals surface area (Å²) < 4.78 is 0. The van der Waals surface area contributed by atoms with Gasteiger partial charge in [0.05, 0.1) is 28.7 Å². The minimum absolute atomic E-state index is 0.257. The van der Waals surface area contributed by atoms with Crippen LogP contribution in [0.2, 0.25) is 0 Å². The number of fused-ring (bicyclic) bond motifs is 3. The van der Waals surface area contributed by atoms with Gasteiger partial charge in [0.2, 0.25) is 0 Å². The molecule has 0 bridgehead atoms. The predicted molar refractivity (Wildman–Crippen MR) is 215 cm³/mol. The van der Waals surface area contributed by atoms with E-state index in [9.17, 15) is 5.26 Å². The number of benzene rings is 6. The summed E-state index contributed by atoms with van der Waals surface area (Å²) in [5, 5.41) is 9.66. The molecule has 4 heteroatoms. The van der Waals surface area contributed by atoms with Crippen LogP contribution in [0.3, 0.4) is 0 Å². The highest BCUT2D eigenvalue weighted by Crippen LogP contribution is 2.50. The van der Waals surface area contributed by atoms with Gasteiger partial charge in [0.15, 0.2) is 5.82 Å². The molecule has 250 valence electrons. The van der Waals surface area contributed by atoms with Crippen LogP contribution >= 0.6 is 0 Å². The molecule has 2 aromatic heterocycles. The first-order chi connectivity index (χ1) is 25.9. The van der Waals surface area contributed by atoms with Crippen LogP contribution in [-0.4, -0.2) is 15.0 Å². The molecule has 2 heterocycles. The fourth-order valence-corrected chi connectivity index (χ4v) is 7.51. The van der Waals surface area contributed by atoms with Crippen molar-refractivity contribution >= 4 is 0 Å². The molecule has 9 rings (SSSR count). The first-order valence-electron chi connectivity index (χ1n) is 17.8. The molecular weight excluding hydrogens is 645 g/mol. The second-order valence-corrected chi connectivity index (χ2v) is 14.0. The Balaban J connectivity index is 1.22. The average molecular weight is 679 g/mol. The number of pyridine rings is 1. The summed E-state index contributed by atoms with van der Waals surface area (Å²) in [6.07, 6.45) is 1.96. The molecule has 1 aliphatic rings. The lowest BCUT2D eigenvalue weighted by atomic mass is 9.81. The summed E-state index contributed by atoms with van der Waals surface area (Å²) in [7, 11) is 0. The van der Waals surface area contributed by atoms with Crippen LogP contribution in [0.4, 0.5) is 0 Å². The first kappa shape index (κ1) is 32.0. The second-order valence-electron chi connectivity index (χ2n) is 14.0. The minimum Gasteiger partial charge on any atom is -0.256 e. The Morgan fingerprint density at radius 1 is 0.434 bits per heavy atom. The number of rotatable bonds is 6. The topological polar surface area (TPSA) is 62.5 Å². The van der Waals surface area contributed by atoms with Crippen molar-refractivity contribution in [2.45, 2.75) is 19.3 Å². The van der Waals surface area contributed by atoms with Crippen LogP contribution in [0.25, 0.3) is 78.5 Å². The van der Waals surface area contributed by atoms with E-state index in [-0.39, 0.29) is 5.41 Å². The third-order valence-electron chi connectivity index (χ3n) is 10.4. The van der Waals surface area contributed by atoms with Crippen LogP contribution in [0.5, 0.6) is 0 Å². The molecule has 53 heavy (non-hydrogen) atoms. The monoisotopic (exact) mass is 678 g/mol. The zero-order valence-electron chi connectivity index (χ0n) is 29.5. The fraction of sp³-hybridized carbons (Fsp3) is 0.0612. The Morgan fingerprint density at radius 2 is 0.962 bits per heavy atom. The molecule has 0 N–H and O–H groups in total. The lowest BCUT2D eigenvalue weighted by Crippen LogP contribution is -2.15. The maximum atomic E-state index is 9.66. The summed E-state index contributed by atoms with van der Waals surface area (Å²) in [5.74, 6) is 0.677. The van der Waals surface area contributed by atoms with Crippen molar-refractivity contribution in [3.63, 3.8) is 0 Å². The van der Waals surface area contributed by atoms with E-state index in [4.69, 9.17) is 15.0 Å². The van der Waals surface area contributed by atoms with Gasteiger partial charge in [0.1, 0.15) is 0 Å². The van der Waals surface area contributed by atoms with Crippen molar-refractivity contribution in [2.24, 2.45) is 0 Å². The molecule has 0 atom stereocenters. The Morgan fingerprint density at radius 3 is 1.58 bits per heavy atom. The van der Waals surface area contributed by atoms with Gasteiger partial charge in [0, 0.05) is 39.4 Å². The van der Waals surface area contributed by atoms with Gasteiger partial charge in [-0.25, -0.2) is 9.97 Å². The average Bonchev–Trinajstić information content (AvgIpc) is 3.46. The molecule has 8 aromatic rings. The predicted octanol–water partition coefficient (Wildman–Crippen LogP) is 12.1. The number of nitrogens with zero attached hydrogens (tertiary/aromatic N) is 4. The molecule has 0 fully saturated rings. The summed E-state index contributed by atoms with van der Waals surface area (Å²) >= 11 is 0. The highest BCUT2D eigenvalue weighted by Gasteiger charge is 2.36. The van der Waals surface area contributed by atoms with E-state index in [1.807, 2.05) is 72.9 Å². The zero-order valence-corrected chi connectivity index (χ0v) is 29.5. The lowest BCUT2D eigenvalue weighted by Gasteiger charge is -2.22. The van der Waals surface area contributed by atoms with Crippen molar-refractivity contribution in [1.82, 2.24) is 15.0 Å². The van der Waals surface area contributed by atoms with Gasteiger partial charge in [0.25, 0.3) is 0 Å². The van der Waals surface area contributed by atoms with Crippen molar-refractivity contribution < 1.29 is 0 Å². The Hall–Kier alpha value is -6.96. The maximum Gasteiger partial charge on any atom is 0.160 e. The quantitative estimate of drug-likeness (QED) is 0.176. The third kappa shape index (κ3) is 5.89. The Kier molecular flexibility index (Phi) is 7.83. The molecule has 0 unspecified atom stereocenters. The van der Waals surface area contributed by atoms with Crippen LogP contribution in [0.15, 0.2) is 170 Å². The SMILES string of the molecule is CC1(C)c2cc(C#N)ccc2-c2ccc(-c3cc(-c4ccc(-c5ccccc5)nc4)cc(-c4cc(-c5ccccc5)nc(-c5ccccc5)n4)c3)cc21. The summed E-state index contributed by atoms with van der Waals surface area (Å²) in [6, 6.07) is 58.9. The summed E-state index contributed by atoms with van der Waals surface area (Å²) in [6.45, 7) is 4.50. The molecule has 0 aliphatic heterocycles. The van der Waals surface area contributed by atoms with Gasteiger partial charge < -0.3 is 0 Å². The first-order valence-corrected chi connectivity index (χ1v) is 17.8. The van der Waals surface area contributed by atoms with Gasteiger partial charge in [-0.15, -0.1) is 0 Å². The maximum absolute atomic E-state index is 9.66. The summed E-state index contributed by atoms with van der Waals surface area (Å²) in [4.78, 5) is 15.1. The Bertz CT molecular complexity index is 2620. The van der Waals surface area contributed by atoms with Crippen LogP contribution < -0.4 is 0 Å². The molecule has 0 saturated carbocycles. The largest absolute Gasteiger partial charge is 0.256 e. The van der Waals surface area contributed by atoms with Gasteiger partial charge in [-0.2, -0.15) is 5.26 Å². The molecule has 1 aliphatic carbocycles. The minimum atomic E-state index is -0.257.